The number of hydrogen-bond donors (Lipinski definition) is 1. The summed E-state index contributed by atoms with van der Waals surface area (Å²) < 4.78 is 24.2. The lowest BCUT2D eigenvalue weighted by atomic mass is 9.97. The van der Waals surface area contributed by atoms with Crippen LogP contribution in [0.1, 0.15) is 25.3 Å². The minimum absolute atomic E-state index is 0.0933. The summed E-state index contributed by atoms with van der Waals surface area (Å²) in [6, 6.07) is 5.27. The molecule has 0 amide bonds. The van der Waals surface area contributed by atoms with Crippen LogP contribution in [-0.2, 0) is 15.3 Å². The highest BCUT2D eigenvalue weighted by Gasteiger charge is 2.43. The Morgan fingerprint density at radius 1 is 1.41 bits per heavy atom. The lowest BCUT2D eigenvalue weighted by Gasteiger charge is -2.14. The predicted molar refractivity (Wildman–Crippen MR) is 69.9 cm³/mol. The van der Waals surface area contributed by atoms with Crippen molar-refractivity contribution in [2.75, 3.05) is 12.4 Å². The summed E-state index contributed by atoms with van der Waals surface area (Å²) in [5.74, 6) is 0.0933. The van der Waals surface area contributed by atoms with Gasteiger partial charge in [0.2, 0.25) is 0 Å². The lowest BCUT2D eigenvalue weighted by Crippen LogP contribution is -2.13. The summed E-state index contributed by atoms with van der Waals surface area (Å²) in [5, 5.41) is 9.34. The molecule has 17 heavy (non-hydrogen) atoms. The number of halogens is 1. The minimum Gasteiger partial charge on any atom is -0.395 e. The quantitative estimate of drug-likeness (QED) is 0.926. The van der Waals surface area contributed by atoms with Crippen molar-refractivity contribution in [1.82, 2.24) is 0 Å². The van der Waals surface area contributed by atoms with E-state index >= 15 is 0 Å². The minimum atomic E-state index is -3.19. The number of benzene rings is 1. The van der Waals surface area contributed by atoms with Crippen molar-refractivity contribution in [3.63, 3.8) is 0 Å². The molecule has 1 saturated carbocycles. The molecular formula is C12H15BrO3S. The van der Waals surface area contributed by atoms with Gasteiger partial charge in [0.05, 0.1) is 17.3 Å². The van der Waals surface area contributed by atoms with Crippen LogP contribution in [0.4, 0.5) is 0 Å². The molecule has 0 heterocycles. The zero-order chi connectivity index (χ0) is 12.7. The van der Waals surface area contributed by atoms with Crippen molar-refractivity contribution >= 4 is 25.8 Å². The van der Waals surface area contributed by atoms with Gasteiger partial charge in [-0.3, -0.25) is 0 Å². The van der Waals surface area contributed by atoms with Gasteiger partial charge in [-0.1, -0.05) is 13.0 Å². The van der Waals surface area contributed by atoms with Crippen molar-refractivity contribution in [3.8, 4) is 0 Å². The molecule has 1 aromatic carbocycles. The molecule has 0 saturated heterocycles. The number of aliphatic hydroxyl groups excluding tert-OH is 1. The normalized spacial score (nSPS) is 18.1. The van der Waals surface area contributed by atoms with E-state index in [0.717, 1.165) is 18.4 Å². The van der Waals surface area contributed by atoms with Gasteiger partial charge in [0, 0.05) is 9.89 Å². The van der Waals surface area contributed by atoms with Gasteiger partial charge in [-0.15, -0.1) is 0 Å². The summed E-state index contributed by atoms with van der Waals surface area (Å²) in [6.45, 7) is 1.76. The second kappa shape index (κ2) is 4.37. The molecule has 2 rings (SSSR count). The fourth-order valence-electron chi connectivity index (χ4n) is 1.93. The van der Waals surface area contributed by atoms with Crippen LogP contribution in [0.2, 0.25) is 0 Å². The molecule has 1 fully saturated rings. The second-order valence-electron chi connectivity index (χ2n) is 4.49. The van der Waals surface area contributed by atoms with E-state index in [1.165, 1.54) is 0 Å². The third-order valence-corrected chi connectivity index (χ3v) is 6.12. The van der Waals surface area contributed by atoms with Crippen molar-refractivity contribution in [2.45, 2.75) is 30.1 Å². The Morgan fingerprint density at radius 2 is 2.06 bits per heavy atom. The summed E-state index contributed by atoms with van der Waals surface area (Å²) in [4.78, 5) is 0.331. The molecular weight excluding hydrogens is 304 g/mol. The van der Waals surface area contributed by atoms with E-state index in [-0.39, 0.29) is 17.8 Å². The number of hydrogen-bond acceptors (Lipinski definition) is 3. The van der Waals surface area contributed by atoms with E-state index < -0.39 is 9.84 Å². The van der Waals surface area contributed by atoms with Crippen LogP contribution in [0.3, 0.4) is 0 Å². The van der Waals surface area contributed by atoms with Crippen molar-refractivity contribution in [1.29, 1.82) is 0 Å². The molecule has 94 valence electrons. The van der Waals surface area contributed by atoms with Gasteiger partial charge in [-0.2, -0.15) is 0 Å². The predicted octanol–water partition coefficient (Wildman–Crippen LogP) is 2.27. The summed E-state index contributed by atoms with van der Waals surface area (Å²) in [6.07, 6.45) is 1.94. The molecule has 5 heteroatoms. The maximum atomic E-state index is 11.8. The van der Waals surface area contributed by atoms with E-state index in [4.69, 9.17) is 0 Å². The topological polar surface area (TPSA) is 54.4 Å². The first-order valence-corrected chi connectivity index (χ1v) is 8.03. The molecule has 0 bridgehead atoms. The maximum Gasteiger partial charge on any atom is 0.179 e. The smallest absolute Gasteiger partial charge is 0.179 e. The molecule has 0 spiro atoms. The molecule has 1 aliphatic carbocycles. The van der Waals surface area contributed by atoms with Gasteiger partial charge in [-0.05, 0) is 46.5 Å². The van der Waals surface area contributed by atoms with Crippen LogP contribution in [0.25, 0.3) is 0 Å². The molecule has 0 aromatic heterocycles. The Kier molecular flexibility index (Phi) is 3.36. The van der Waals surface area contributed by atoms with Crippen LogP contribution in [0, 0.1) is 0 Å². The monoisotopic (exact) mass is 318 g/mol. The second-order valence-corrected chi connectivity index (χ2v) is 7.59. The van der Waals surface area contributed by atoms with Crippen LogP contribution >= 0.6 is 15.9 Å². The van der Waals surface area contributed by atoms with Gasteiger partial charge in [0.1, 0.15) is 0 Å². The van der Waals surface area contributed by atoms with Gasteiger partial charge >= 0.3 is 0 Å². The standard InChI is InChI=1S/C12H15BrO3S/c1-2-17(15,16)11-4-3-9(7-10(11)13)12(8-14)5-6-12/h3-4,7,14H,2,5-6,8H2,1H3. The summed E-state index contributed by atoms with van der Waals surface area (Å²) in [5.41, 5.74) is 0.888. The molecule has 1 aliphatic rings. The Bertz CT molecular complexity index is 533. The third-order valence-electron chi connectivity index (χ3n) is 3.42. The highest BCUT2D eigenvalue weighted by molar-refractivity contribution is 9.10. The highest BCUT2D eigenvalue weighted by Crippen LogP contribution is 2.48. The summed E-state index contributed by atoms with van der Waals surface area (Å²) in [7, 11) is -3.19. The van der Waals surface area contributed by atoms with Crippen LogP contribution < -0.4 is 0 Å². The first kappa shape index (κ1) is 13.1. The van der Waals surface area contributed by atoms with Crippen LogP contribution in [0.15, 0.2) is 27.6 Å². The van der Waals surface area contributed by atoms with Crippen molar-refractivity contribution < 1.29 is 13.5 Å². The number of aliphatic hydroxyl groups is 1. The summed E-state index contributed by atoms with van der Waals surface area (Å²) >= 11 is 3.31. The van der Waals surface area contributed by atoms with Gasteiger partial charge in [0.25, 0.3) is 0 Å². The lowest BCUT2D eigenvalue weighted by molar-refractivity contribution is 0.255. The fourth-order valence-corrected chi connectivity index (χ4v) is 3.99. The first-order valence-electron chi connectivity index (χ1n) is 5.59. The largest absolute Gasteiger partial charge is 0.395 e. The zero-order valence-electron chi connectivity index (χ0n) is 9.61. The molecule has 0 unspecified atom stereocenters. The van der Waals surface area contributed by atoms with Crippen molar-refractivity contribution in [2.24, 2.45) is 0 Å². The van der Waals surface area contributed by atoms with Crippen molar-refractivity contribution in [3.05, 3.63) is 28.2 Å². The molecule has 1 N–H and O–H groups in total. The Morgan fingerprint density at radius 3 is 2.47 bits per heavy atom. The SMILES string of the molecule is CCS(=O)(=O)c1ccc(C2(CO)CC2)cc1Br. The molecule has 0 atom stereocenters. The molecule has 1 aromatic rings. The fraction of sp³-hybridized carbons (Fsp3) is 0.500. The van der Waals surface area contributed by atoms with E-state index in [1.807, 2.05) is 12.1 Å². The van der Waals surface area contributed by atoms with Gasteiger partial charge < -0.3 is 5.11 Å². The van der Waals surface area contributed by atoms with Crippen LogP contribution in [-0.4, -0.2) is 25.9 Å². The van der Waals surface area contributed by atoms with Crippen LogP contribution in [0.5, 0.6) is 0 Å². The number of sulfone groups is 1. The Balaban J connectivity index is 2.43. The highest BCUT2D eigenvalue weighted by atomic mass is 79.9. The van der Waals surface area contributed by atoms with Gasteiger partial charge in [-0.25, -0.2) is 8.42 Å². The molecule has 0 aliphatic heterocycles. The zero-order valence-corrected chi connectivity index (χ0v) is 12.0. The average molecular weight is 319 g/mol. The average Bonchev–Trinajstić information content (AvgIpc) is 3.09. The van der Waals surface area contributed by atoms with E-state index in [1.54, 1.807) is 13.0 Å². The van der Waals surface area contributed by atoms with E-state index in [9.17, 15) is 13.5 Å². The van der Waals surface area contributed by atoms with Gasteiger partial charge in [0.15, 0.2) is 9.84 Å². The maximum absolute atomic E-state index is 11.8. The third kappa shape index (κ3) is 2.28. The van der Waals surface area contributed by atoms with E-state index in [0.29, 0.717) is 9.37 Å². The molecule has 3 nitrogen and oxygen atoms in total. The first-order chi connectivity index (χ1) is 7.95. The Labute approximate surface area is 110 Å². The Hall–Kier alpha value is -0.390. The molecule has 0 radical (unpaired) electrons. The number of rotatable bonds is 4. The van der Waals surface area contributed by atoms with E-state index in [2.05, 4.69) is 15.9 Å².